The lowest BCUT2D eigenvalue weighted by molar-refractivity contribution is 0.102. The Bertz CT molecular complexity index is 839. The highest BCUT2D eigenvalue weighted by molar-refractivity contribution is 7.91. The summed E-state index contributed by atoms with van der Waals surface area (Å²) in [5, 5.41) is 0. The van der Waals surface area contributed by atoms with Crippen LogP contribution in [-0.2, 0) is 16.4 Å². The van der Waals surface area contributed by atoms with Gasteiger partial charge >= 0.3 is 0 Å². The zero-order chi connectivity index (χ0) is 17.3. The molecule has 1 aromatic carbocycles. The largest absolute Gasteiger partial charge is 0.294 e. The Hall–Kier alpha value is -1.57. The molecule has 0 spiro atoms. The van der Waals surface area contributed by atoms with Crippen LogP contribution < -0.4 is 0 Å². The zero-order valence-electron chi connectivity index (χ0n) is 13.2. The van der Waals surface area contributed by atoms with Crippen LogP contribution in [0.2, 0.25) is 0 Å². The van der Waals surface area contributed by atoms with Gasteiger partial charge in [0, 0.05) is 12.6 Å². The van der Waals surface area contributed by atoms with Crippen LogP contribution in [0.3, 0.4) is 0 Å². The number of nitrogens with zero attached hydrogens (tertiary/aromatic N) is 1. The maximum Gasteiger partial charge on any atom is 0.252 e. The molecular weight excluding hydrogens is 349 g/mol. The standard InChI is InChI=1S/C17H18FNO3S2/c1-12(20)16-8-9-17(23-16)24(21,22)19(15-6-7-15)11-10-13-2-4-14(18)5-3-13/h2-5,8-9,15H,6-7,10-11H2,1H3. The molecule has 1 aliphatic carbocycles. The van der Waals surface area contributed by atoms with Gasteiger partial charge in [0.05, 0.1) is 4.88 Å². The lowest BCUT2D eigenvalue weighted by Crippen LogP contribution is -2.34. The van der Waals surface area contributed by atoms with E-state index in [4.69, 9.17) is 0 Å². The Morgan fingerprint density at radius 2 is 1.88 bits per heavy atom. The third-order valence-electron chi connectivity index (χ3n) is 3.98. The summed E-state index contributed by atoms with van der Waals surface area (Å²) >= 11 is 1.02. The fourth-order valence-electron chi connectivity index (χ4n) is 2.52. The molecule has 7 heteroatoms. The van der Waals surface area contributed by atoms with Gasteiger partial charge in [-0.25, -0.2) is 12.8 Å². The Morgan fingerprint density at radius 1 is 1.21 bits per heavy atom. The molecule has 1 aliphatic rings. The summed E-state index contributed by atoms with van der Waals surface area (Å²) in [7, 11) is -3.60. The Labute approximate surface area is 145 Å². The Kier molecular flexibility index (Phi) is 4.85. The molecule has 0 amide bonds. The third kappa shape index (κ3) is 3.74. The first-order valence-electron chi connectivity index (χ1n) is 7.75. The van der Waals surface area contributed by atoms with E-state index in [0.717, 1.165) is 29.7 Å². The highest BCUT2D eigenvalue weighted by Gasteiger charge is 2.38. The van der Waals surface area contributed by atoms with Gasteiger partial charge in [0.1, 0.15) is 10.0 Å². The molecule has 24 heavy (non-hydrogen) atoms. The average molecular weight is 367 g/mol. The summed E-state index contributed by atoms with van der Waals surface area (Å²) in [6, 6.07) is 9.19. The van der Waals surface area contributed by atoms with Crippen molar-refractivity contribution < 1.29 is 17.6 Å². The van der Waals surface area contributed by atoms with E-state index in [9.17, 15) is 17.6 Å². The van der Waals surface area contributed by atoms with Gasteiger partial charge < -0.3 is 0 Å². The maximum atomic E-state index is 13.0. The van der Waals surface area contributed by atoms with Gasteiger partial charge in [-0.2, -0.15) is 4.31 Å². The van der Waals surface area contributed by atoms with Crippen molar-refractivity contribution in [3.05, 3.63) is 52.7 Å². The molecule has 1 saturated carbocycles. The highest BCUT2D eigenvalue weighted by Crippen LogP contribution is 2.34. The molecule has 1 heterocycles. The molecule has 128 valence electrons. The van der Waals surface area contributed by atoms with Gasteiger partial charge in [0.15, 0.2) is 5.78 Å². The van der Waals surface area contributed by atoms with Gasteiger partial charge in [-0.15, -0.1) is 11.3 Å². The van der Waals surface area contributed by atoms with E-state index in [-0.39, 0.29) is 21.9 Å². The quantitative estimate of drug-likeness (QED) is 0.704. The minimum Gasteiger partial charge on any atom is -0.294 e. The Balaban J connectivity index is 1.78. The van der Waals surface area contributed by atoms with Gasteiger partial charge in [-0.3, -0.25) is 4.79 Å². The van der Waals surface area contributed by atoms with E-state index in [0.29, 0.717) is 17.8 Å². The third-order valence-corrected chi connectivity index (χ3v) is 7.58. The average Bonchev–Trinajstić information content (AvgIpc) is 3.22. The zero-order valence-corrected chi connectivity index (χ0v) is 14.9. The minimum atomic E-state index is -3.60. The molecule has 0 saturated heterocycles. The molecular formula is C17H18FNO3S2. The maximum absolute atomic E-state index is 13.0. The molecule has 3 rings (SSSR count). The number of hydrogen-bond acceptors (Lipinski definition) is 4. The van der Waals surface area contributed by atoms with Crippen molar-refractivity contribution in [2.45, 2.75) is 36.4 Å². The Morgan fingerprint density at radius 3 is 2.42 bits per heavy atom. The van der Waals surface area contributed by atoms with E-state index in [1.165, 1.54) is 29.4 Å². The van der Waals surface area contributed by atoms with Crippen molar-refractivity contribution in [3.8, 4) is 0 Å². The lowest BCUT2D eigenvalue weighted by atomic mass is 10.1. The predicted molar refractivity (Wildman–Crippen MR) is 91.3 cm³/mol. The number of rotatable bonds is 7. The molecule has 0 bridgehead atoms. The van der Waals surface area contributed by atoms with Crippen LogP contribution in [0.25, 0.3) is 0 Å². The fourth-order valence-corrected chi connectivity index (χ4v) is 5.53. The van der Waals surface area contributed by atoms with E-state index in [2.05, 4.69) is 0 Å². The molecule has 0 N–H and O–H groups in total. The van der Waals surface area contributed by atoms with Crippen molar-refractivity contribution in [2.24, 2.45) is 0 Å². The van der Waals surface area contributed by atoms with Gasteiger partial charge in [-0.05, 0) is 56.0 Å². The number of Topliss-reactive ketones (excluding diaryl/α,β-unsaturated/α-hetero) is 1. The van der Waals surface area contributed by atoms with Crippen molar-refractivity contribution >= 4 is 27.1 Å². The lowest BCUT2D eigenvalue weighted by Gasteiger charge is -2.21. The summed E-state index contributed by atoms with van der Waals surface area (Å²) in [6.07, 6.45) is 2.24. The van der Waals surface area contributed by atoms with E-state index in [1.54, 1.807) is 18.2 Å². The first-order chi connectivity index (χ1) is 11.4. The summed E-state index contributed by atoms with van der Waals surface area (Å²) in [5.41, 5.74) is 0.896. The van der Waals surface area contributed by atoms with Gasteiger partial charge in [0.25, 0.3) is 10.0 Å². The normalized spacial score (nSPS) is 15.0. The second kappa shape index (κ2) is 6.74. The van der Waals surface area contributed by atoms with Crippen molar-refractivity contribution in [2.75, 3.05) is 6.54 Å². The first kappa shape index (κ1) is 17.3. The molecule has 4 nitrogen and oxygen atoms in total. The smallest absolute Gasteiger partial charge is 0.252 e. The van der Waals surface area contributed by atoms with Crippen LogP contribution in [0.4, 0.5) is 4.39 Å². The fraction of sp³-hybridized carbons (Fsp3) is 0.353. The molecule has 1 aromatic heterocycles. The number of ketones is 1. The molecule has 0 unspecified atom stereocenters. The van der Waals surface area contributed by atoms with Crippen molar-refractivity contribution in [1.29, 1.82) is 0 Å². The van der Waals surface area contributed by atoms with Crippen LogP contribution in [0.5, 0.6) is 0 Å². The SMILES string of the molecule is CC(=O)c1ccc(S(=O)(=O)N(CCc2ccc(F)cc2)C2CC2)s1. The summed E-state index contributed by atoms with van der Waals surface area (Å²) in [5.74, 6) is -0.438. The van der Waals surface area contributed by atoms with Crippen molar-refractivity contribution in [3.63, 3.8) is 0 Å². The minimum absolute atomic E-state index is 0.0262. The molecule has 0 radical (unpaired) electrons. The highest BCUT2D eigenvalue weighted by atomic mass is 32.2. The summed E-state index contributed by atoms with van der Waals surface area (Å²) < 4.78 is 40.5. The van der Waals surface area contributed by atoms with E-state index < -0.39 is 10.0 Å². The van der Waals surface area contributed by atoms with Crippen LogP contribution in [-0.4, -0.2) is 31.1 Å². The number of carbonyl (C=O) groups excluding carboxylic acids is 1. The summed E-state index contributed by atoms with van der Waals surface area (Å²) in [6.45, 7) is 1.78. The van der Waals surface area contributed by atoms with Crippen LogP contribution in [0.1, 0.15) is 35.0 Å². The molecule has 0 atom stereocenters. The van der Waals surface area contributed by atoms with Crippen LogP contribution in [0.15, 0.2) is 40.6 Å². The number of carbonyl (C=O) groups is 1. The molecule has 0 aliphatic heterocycles. The topological polar surface area (TPSA) is 54.5 Å². The van der Waals surface area contributed by atoms with E-state index >= 15 is 0 Å². The number of hydrogen-bond donors (Lipinski definition) is 0. The van der Waals surface area contributed by atoms with Gasteiger partial charge in [0.2, 0.25) is 0 Å². The number of benzene rings is 1. The van der Waals surface area contributed by atoms with Crippen LogP contribution >= 0.6 is 11.3 Å². The summed E-state index contributed by atoms with van der Waals surface area (Å²) in [4.78, 5) is 11.9. The monoisotopic (exact) mass is 367 g/mol. The van der Waals surface area contributed by atoms with Gasteiger partial charge in [-0.1, -0.05) is 12.1 Å². The van der Waals surface area contributed by atoms with E-state index in [1.807, 2.05) is 0 Å². The number of sulfonamides is 1. The number of thiophene rings is 1. The second-order valence-electron chi connectivity index (χ2n) is 5.90. The van der Waals surface area contributed by atoms with Crippen molar-refractivity contribution in [1.82, 2.24) is 4.31 Å². The van der Waals surface area contributed by atoms with Crippen LogP contribution in [0, 0.1) is 5.82 Å². The first-order valence-corrected chi connectivity index (χ1v) is 10.0. The number of halogens is 1. The molecule has 1 fully saturated rings. The second-order valence-corrected chi connectivity index (χ2v) is 9.10. The predicted octanol–water partition coefficient (Wildman–Crippen LogP) is 3.49. The molecule has 2 aromatic rings.